The molecule has 0 N–H and O–H groups in total. The van der Waals surface area contributed by atoms with Crippen molar-refractivity contribution in [1.82, 2.24) is 9.80 Å². The Bertz CT molecular complexity index is 602. The summed E-state index contributed by atoms with van der Waals surface area (Å²) in [6.45, 7) is 6.12. The summed E-state index contributed by atoms with van der Waals surface area (Å²) in [7, 11) is 0. The number of amides is 2. The number of hydrogen-bond donors (Lipinski definition) is 0. The molecular weight excluding hydrogens is 292 g/mol. The molecule has 2 saturated heterocycles. The van der Waals surface area contributed by atoms with Crippen molar-refractivity contribution >= 4 is 11.8 Å². The first-order chi connectivity index (χ1) is 11.1. The molecule has 0 aliphatic carbocycles. The predicted molar refractivity (Wildman–Crippen MR) is 87.0 cm³/mol. The molecule has 3 rings (SSSR count). The molecule has 0 bridgehead atoms. The van der Waals surface area contributed by atoms with Crippen LogP contribution in [0.3, 0.4) is 0 Å². The summed E-state index contributed by atoms with van der Waals surface area (Å²) >= 11 is 0. The van der Waals surface area contributed by atoms with Gasteiger partial charge in [0.15, 0.2) is 0 Å². The van der Waals surface area contributed by atoms with Crippen LogP contribution in [0, 0.1) is 6.92 Å². The van der Waals surface area contributed by atoms with E-state index in [9.17, 15) is 9.59 Å². The van der Waals surface area contributed by atoms with Crippen LogP contribution in [-0.2, 0) is 20.7 Å². The summed E-state index contributed by atoms with van der Waals surface area (Å²) in [5.74, 6) is 0.198. The minimum atomic E-state index is -0.00387. The summed E-state index contributed by atoms with van der Waals surface area (Å²) < 4.78 is 5.80. The van der Waals surface area contributed by atoms with Crippen LogP contribution in [0.25, 0.3) is 0 Å². The third-order valence-electron chi connectivity index (χ3n) is 4.94. The molecule has 2 amide bonds. The van der Waals surface area contributed by atoms with E-state index in [0.29, 0.717) is 32.7 Å². The zero-order valence-electron chi connectivity index (χ0n) is 13.8. The highest BCUT2D eigenvalue weighted by Crippen LogP contribution is 2.24. The number of hydrogen-bond acceptors (Lipinski definition) is 3. The lowest BCUT2D eigenvalue weighted by Gasteiger charge is -2.46. The normalized spacial score (nSPS) is 24.3. The second-order valence-corrected chi connectivity index (χ2v) is 6.42. The molecule has 1 aromatic rings. The molecule has 0 saturated carbocycles. The molecule has 5 heteroatoms. The average molecular weight is 316 g/mol. The highest BCUT2D eigenvalue weighted by molar-refractivity contribution is 5.79. The van der Waals surface area contributed by atoms with E-state index in [1.165, 1.54) is 0 Å². The molecule has 2 aliphatic heterocycles. The van der Waals surface area contributed by atoms with Crippen LogP contribution in [-0.4, -0.2) is 60.0 Å². The van der Waals surface area contributed by atoms with Crippen LogP contribution < -0.4 is 0 Å². The van der Waals surface area contributed by atoms with Crippen LogP contribution in [0.2, 0.25) is 0 Å². The third kappa shape index (κ3) is 3.39. The van der Waals surface area contributed by atoms with Gasteiger partial charge < -0.3 is 14.5 Å². The standard InChI is InChI=1S/C18H24N2O3/c1-13-5-3-4-6-15(13)11-18(22)19-8-7-17-16(12-19)20(14(2)21)9-10-23-17/h3-6,16-17H,7-12H2,1-2H3. The summed E-state index contributed by atoms with van der Waals surface area (Å²) in [5, 5.41) is 0. The minimum absolute atomic E-state index is 0.00387. The Hall–Kier alpha value is -1.88. The smallest absolute Gasteiger partial charge is 0.227 e. The summed E-state index contributed by atoms with van der Waals surface area (Å²) in [6, 6.07) is 7.98. The summed E-state index contributed by atoms with van der Waals surface area (Å²) in [5.41, 5.74) is 2.21. The van der Waals surface area contributed by atoms with Gasteiger partial charge in [0.25, 0.3) is 0 Å². The largest absolute Gasteiger partial charge is 0.374 e. The zero-order valence-corrected chi connectivity index (χ0v) is 13.8. The molecule has 2 unspecified atom stereocenters. The maximum Gasteiger partial charge on any atom is 0.227 e. The van der Waals surface area contributed by atoms with Gasteiger partial charge in [-0.3, -0.25) is 9.59 Å². The monoisotopic (exact) mass is 316 g/mol. The Labute approximate surface area is 137 Å². The Balaban J connectivity index is 1.68. The summed E-state index contributed by atoms with van der Waals surface area (Å²) in [4.78, 5) is 28.2. The van der Waals surface area contributed by atoms with E-state index in [1.807, 2.05) is 41.0 Å². The average Bonchev–Trinajstić information content (AvgIpc) is 2.55. The van der Waals surface area contributed by atoms with E-state index >= 15 is 0 Å². The van der Waals surface area contributed by atoms with Gasteiger partial charge in [-0.05, 0) is 24.5 Å². The number of fused-ring (bicyclic) bond motifs is 1. The van der Waals surface area contributed by atoms with Crippen LogP contribution in [0.4, 0.5) is 0 Å². The lowest BCUT2D eigenvalue weighted by Crippen LogP contribution is -2.61. The molecule has 2 fully saturated rings. The van der Waals surface area contributed by atoms with Gasteiger partial charge in [0.1, 0.15) is 0 Å². The van der Waals surface area contributed by atoms with Gasteiger partial charge in [0, 0.05) is 26.6 Å². The zero-order chi connectivity index (χ0) is 16.4. The van der Waals surface area contributed by atoms with Crippen LogP contribution in [0.15, 0.2) is 24.3 Å². The fourth-order valence-electron chi connectivity index (χ4n) is 3.57. The van der Waals surface area contributed by atoms with E-state index in [1.54, 1.807) is 6.92 Å². The molecule has 2 heterocycles. The first kappa shape index (κ1) is 16.0. The highest BCUT2D eigenvalue weighted by atomic mass is 16.5. The van der Waals surface area contributed by atoms with Crippen molar-refractivity contribution in [2.75, 3.05) is 26.2 Å². The second-order valence-electron chi connectivity index (χ2n) is 6.42. The number of nitrogens with zero attached hydrogens (tertiary/aromatic N) is 2. The third-order valence-corrected chi connectivity index (χ3v) is 4.94. The lowest BCUT2D eigenvalue weighted by atomic mass is 9.97. The van der Waals surface area contributed by atoms with E-state index in [4.69, 9.17) is 4.74 Å². The number of carbonyl (C=O) groups excluding carboxylic acids is 2. The van der Waals surface area contributed by atoms with Crippen molar-refractivity contribution in [3.05, 3.63) is 35.4 Å². The van der Waals surface area contributed by atoms with Crippen LogP contribution >= 0.6 is 0 Å². The second kappa shape index (κ2) is 6.71. The van der Waals surface area contributed by atoms with Gasteiger partial charge in [0.2, 0.25) is 11.8 Å². The van der Waals surface area contributed by atoms with Crippen molar-refractivity contribution in [3.8, 4) is 0 Å². The predicted octanol–water partition coefficient (Wildman–Crippen LogP) is 1.39. The van der Waals surface area contributed by atoms with Gasteiger partial charge in [-0.2, -0.15) is 0 Å². The molecule has 2 aliphatic rings. The SMILES string of the molecule is CC(=O)N1CCOC2CCN(C(=O)Cc3ccccc3C)CC21. The molecule has 0 spiro atoms. The molecule has 124 valence electrons. The number of ether oxygens (including phenoxy) is 1. The fraction of sp³-hybridized carbons (Fsp3) is 0.556. The van der Waals surface area contributed by atoms with Gasteiger partial charge in [-0.15, -0.1) is 0 Å². The highest BCUT2D eigenvalue weighted by Gasteiger charge is 2.39. The first-order valence-electron chi connectivity index (χ1n) is 8.27. The number of rotatable bonds is 2. The Morgan fingerprint density at radius 2 is 2.04 bits per heavy atom. The lowest BCUT2D eigenvalue weighted by molar-refractivity contribution is -0.155. The Morgan fingerprint density at radius 1 is 1.26 bits per heavy atom. The van der Waals surface area contributed by atoms with E-state index < -0.39 is 0 Å². The van der Waals surface area contributed by atoms with Crippen molar-refractivity contribution < 1.29 is 14.3 Å². The van der Waals surface area contributed by atoms with Crippen molar-refractivity contribution in [3.63, 3.8) is 0 Å². The van der Waals surface area contributed by atoms with Gasteiger partial charge in [0.05, 0.1) is 25.2 Å². The van der Waals surface area contributed by atoms with Crippen LogP contribution in [0.5, 0.6) is 0 Å². The van der Waals surface area contributed by atoms with Gasteiger partial charge >= 0.3 is 0 Å². The number of benzene rings is 1. The Kier molecular flexibility index (Phi) is 4.66. The fourth-order valence-corrected chi connectivity index (χ4v) is 3.57. The molecule has 5 nitrogen and oxygen atoms in total. The number of piperidine rings is 1. The van der Waals surface area contributed by atoms with Gasteiger partial charge in [-0.1, -0.05) is 24.3 Å². The molecular formula is C18H24N2O3. The number of carbonyl (C=O) groups is 2. The van der Waals surface area contributed by atoms with Crippen LogP contribution in [0.1, 0.15) is 24.5 Å². The molecule has 1 aromatic carbocycles. The molecule has 23 heavy (non-hydrogen) atoms. The van der Waals surface area contributed by atoms with E-state index in [-0.39, 0.29) is 24.0 Å². The van der Waals surface area contributed by atoms with Crippen molar-refractivity contribution in [2.45, 2.75) is 38.8 Å². The Morgan fingerprint density at radius 3 is 2.78 bits per heavy atom. The molecule has 0 radical (unpaired) electrons. The number of morpholine rings is 1. The number of aryl methyl sites for hydroxylation is 1. The van der Waals surface area contributed by atoms with Gasteiger partial charge in [-0.25, -0.2) is 0 Å². The minimum Gasteiger partial charge on any atom is -0.374 e. The van der Waals surface area contributed by atoms with E-state index in [2.05, 4.69) is 0 Å². The topological polar surface area (TPSA) is 49.9 Å². The number of likely N-dealkylation sites (tertiary alicyclic amines) is 1. The molecule has 0 aromatic heterocycles. The molecule has 2 atom stereocenters. The summed E-state index contributed by atoms with van der Waals surface area (Å²) in [6.07, 6.45) is 1.29. The maximum atomic E-state index is 12.7. The first-order valence-corrected chi connectivity index (χ1v) is 8.27. The van der Waals surface area contributed by atoms with Crippen molar-refractivity contribution in [1.29, 1.82) is 0 Å². The van der Waals surface area contributed by atoms with Crippen molar-refractivity contribution in [2.24, 2.45) is 0 Å². The van der Waals surface area contributed by atoms with E-state index in [0.717, 1.165) is 17.5 Å². The maximum absolute atomic E-state index is 12.7. The quantitative estimate of drug-likeness (QED) is 0.828.